The highest BCUT2D eigenvalue weighted by Crippen LogP contribution is 2.31. The minimum Gasteiger partial charge on any atom is -0.483 e. The Balaban J connectivity index is 1.50. The Morgan fingerprint density at radius 2 is 1.74 bits per heavy atom. The van der Waals surface area contributed by atoms with E-state index in [2.05, 4.69) is 47.6 Å². The molecule has 3 aromatic carbocycles. The van der Waals surface area contributed by atoms with Gasteiger partial charge in [-0.25, -0.2) is 0 Å². The van der Waals surface area contributed by atoms with Crippen LogP contribution in [0.15, 0.2) is 71.2 Å². The van der Waals surface area contributed by atoms with Crippen molar-refractivity contribution < 1.29 is 14.3 Å². The molecule has 0 aliphatic heterocycles. The summed E-state index contributed by atoms with van der Waals surface area (Å²) in [5.74, 6) is -0.332. The first kappa shape index (κ1) is 22.6. The van der Waals surface area contributed by atoms with E-state index in [1.165, 1.54) is 6.08 Å². The third-order valence-electron chi connectivity index (χ3n) is 4.72. The van der Waals surface area contributed by atoms with Crippen LogP contribution in [0.3, 0.4) is 0 Å². The Labute approximate surface area is 190 Å². The van der Waals surface area contributed by atoms with Crippen LogP contribution in [0.2, 0.25) is 0 Å². The standard InChI is InChI=1S/C25H25BrN2O3/c1-25(2,3)19-12-13-22(21(26)15-19)31-16-24(30)28-27-23(29)14-11-18-9-6-8-17-7-4-5-10-20(17)18/h4-15H,16H2,1-3H3,(H,27,29)(H,28,30)/b14-11+. The lowest BCUT2D eigenvalue weighted by atomic mass is 9.87. The van der Waals surface area contributed by atoms with Gasteiger partial charge in [0.05, 0.1) is 4.47 Å². The van der Waals surface area contributed by atoms with Crippen molar-refractivity contribution in [3.8, 4) is 5.75 Å². The summed E-state index contributed by atoms with van der Waals surface area (Å²) in [6, 6.07) is 19.6. The fourth-order valence-electron chi connectivity index (χ4n) is 3.00. The molecule has 0 aliphatic rings. The van der Waals surface area contributed by atoms with Gasteiger partial charge in [-0.05, 0) is 61.5 Å². The van der Waals surface area contributed by atoms with Gasteiger partial charge in [-0.1, -0.05) is 69.3 Å². The van der Waals surface area contributed by atoms with E-state index in [4.69, 9.17) is 4.74 Å². The number of halogens is 1. The fourth-order valence-corrected chi connectivity index (χ4v) is 3.49. The number of fused-ring (bicyclic) bond motifs is 1. The molecule has 0 spiro atoms. The lowest BCUT2D eigenvalue weighted by molar-refractivity contribution is -0.128. The molecule has 3 aromatic rings. The van der Waals surface area contributed by atoms with Crippen LogP contribution < -0.4 is 15.6 Å². The van der Waals surface area contributed by atoms with E-state index in [-0.39, 0.29) is 12.0 Å². The number of nitrogens with one attached hydrogen (secondary N) is 2. The minimum atomic E-state index is -0.460. The molecule has 0 aromatic heterocycles. The van der Waals surface area contributed by atoms with Crippen molar-refractivity contribution in [3.63, 3.8) is 0 Å². The molecule has 160 valence electrons. The summed E-state index contributed by atoms with van der Waals surface area (Å²) in [6.07, 6.45) is 3.10. The average Bonchev–Trinajstić information content (AvgIpc) is 2.74. The monoisotopic (exact) mass is 480 g/mol. The van der Waals surface area contributed by atoms with Crippen molar-refractivity contribution >= 4 is 44.6 Å². The van der Waals surface area contributed by atoms with E-state index in [0.29, 0.717) is 5.75 Å². The van der Waals surface area contributed by atoms with Crippen LogP contribution in [0.1, 0.15) is 31.9 Å². The summed E-state index contributed by atoms with van der Waals surface area (Å²) >= 11 is 3.48. The Hall–Kier alpha value is -3.12. The van der Waals surface area contributed by atoms with Gasteiger partial charge < -0.3 is 4.74 Å². The van der Waals surface area contributed by atoms with Crippen LogP contribution >= 0.6 is 15.9 Å². The van der Waals surface area contributed by atoms with Gasteiger partial charge in [0.15, 0.2) is 6.61 Å². The number of hydrogen-bond donors (Lipinski definition) is 2. The van der Waals surface area contributed by atoms with E-state index >= 15 is 0 Å². The Morgan fingerprint density at radius 1 is 1.00 bits per heavy atom. The number of ether oxygens (including phenoxy) is 1. The van der Waals surface area contributed by atoms with Crippen LogP contribution in [0.5, 0.6) is 5.75 Å². The molecule has 6 heteroatoms. The minimum absolute atomic E-state index is 0.0161. The molecule has 31 heavy (non-hydrogen) atoms. The number of carbonyl (C=O) groups is 2. The summed E-state index contributed by atoms with van der Waals surface area (Å²) in [5, 5.41) is 2.15. The lowest BCUT2D eigenvalue weighted by Crippen LogP contribution is -2.43. The van der Waals surface area contributed by atoms with Crippen molar-refractivity contribution in [1.82, 2.24) is 10.9 Å². The quantitative estimate of drug-likeness (QED) is 0.392. The summed E-state index contributed by atoms with van der Waals surface area (Å²) in [6.45, 7) is 6.15. The highest BCUT2D eigenvalue weighted by molar-refractivity contribution is 9.10. The van der Waals surface area contributed by atoms with E-state index in [0.717, 1.165) is 26.4 Å². The molecule has 0 radical (unpaired) electrons. The summed E-state index contributed by atoms with van der Waals surface area (Å²) < 4.78 is 6.32. The molecule has 5 nitrogen and oxygen atoms in total. The maximum absolute atomic E-state index is 12.1. The predicted molar refractivity (Wildman–Crippen MR) is 128 cm³/mol. The van der Waals surface area contributed by atoms with Crippen LogP contribution in [0.25, 0.3) is 16.8 Å². The molecule has 0 aliphatic carbocycles. The van der Waals surface area contributed by atoms with Crippen molar-refractivity contribution in [2.75, 3.05) is 6.61 Å². The van der Waals surface area contributed by atoms with Gasteiger partial charge in [0.2, 0.25) is 0 Å². The van der Waals surface area contributed by atoms with E-state index in [1.54, 1.807) is 6.08 Å². The second kappa shape index (κ2) is 9.79. The Bertz CT molecular complexity index is 1130. The maximum Gasteiger partial charge on any atom is 0.276 e. The zero-order valence-electron chi connectivity index (χ0n) is 17.7. The molecule has 3 rings (SSSR count). The zero-order chi connectivity index (χ0) is 22.4. The summed E-state index contributed by atoms with van der Waals surface area (Å²) in [5.41, 5.74) is 6.81. The Morgan fingerprint density at radius 3 is 2.48 bits per heavy atom. The number of amides is 2. The number of rotatable bonds is 5. The summed E-state index contributed by atoms with van der Waals surface area (Å²) in [4.78, 5) is 24.1. The van der Waals surface area contributed by atoms with Gasteiger partial charge >= 0.3 is 0 Å². The third kappa shape index (κ3) is 6.18. The normalized spacial score (nSPS) is 11.5. The third-order valence-corrected chi connectivity index (χ3v) is 5.34. The molecule has 2 amide bonds. The van der Waals surface area contributed by atoms with Crippen molar-refractivity contribution in [2.45, 2.75) is 26.2 Å². The molecular weight excluding hydrogens is 456 g/mol. The van der Waals surface area contributed by atoms with E-state index in [1.807, 2.05) is 60.7 Å². The van der Waals surface area contributed by atoms with Gasteiger partial charge in [0.25, 0.3) is 11.8 Å². The molecule has 2 N–H and O–H groups in total. The molecule has 0 fully saturated rings. The molecule has 0 unspecified atom stereocenters. The fraction of sp³-hybridized carbons (Fsp3) is 0.200. The second-order valence-corrected chi connectivity index (χ2v) is 8.98. The van der Waals surface area contributed by atoms with Gasteiger partial charge in [-0.2, -0.15) is 0 Å². The van der Waals surface area contributed by atoms with Crippen LogP contribution in [0.4, 0.5) is 0 Å². The van der Waals surface area contributed by atoms with Gasteiger partial charge in [0, 0.05) is 6.08 Å². The molecule has 0 heterocycles. The van der Waals surface area contributed by atoms with Gasteiger partial charge in [-0.15, -0.1) is 0 Å². The first-order valence-corrected chi connectivity index (χ1v) is 10.7. The van der Waals surface area contributed by atoms with Crippen LogP contribution in [-0.4, -0.2) is 18.4 Å². The molecule has 0 saturated heterocycles. The Kier molecular flexibility index (Phi) is 7.13. The highest BCUT2D eigenvalue weighted by Gasteiger charge is 2.15. The smallest absolute Gasteiger partial charge is 0.276 e. The zero-order valence-corrected chi connectivity index (χ0v) is 19.3. The highest BCUT2D eigenvalue weighted by atomic mass is 79.9. The topological polar surface area (TPSA) is 67.4 Å². The first-order chi connectivity index (χ1) is 14.7. The average molecular weight is 481 g/mol. The number of hydrazine groups is 1. The number of carbonyl (C=O) groups excluding carboxylic acids is 2. The van der Waals surface area contributed by atoms with Crippen molar-refractivity contribution in [1.29, 1.82) is 0 Å². The molecule has 0 saturated carbocycles. The van der Waals surface area contributed by atoms with E-state index in [9.17, 15) is 9.59 Å². The number of hydrogen-bond acceptors (Lipinski definition) is 3. The molecule has 0 atom stereocenters. The largest absolute Gasteiger partial charge is 0.483 e. The van der Waals surface area contributed by atoms with Crippen LogP contribution in [-0.2, 0) is 15.0 Å². The first-order valence-electron chi connectivity index (χ1n) is 9.91. The lowest BCUT2D eigenvalue weighted by Gasteiger charge is -2.20. The van der Waals surface area contributed by atoms with Gasteiger partial charge in [-0.3, -0.25) is 20.4 Å². The van der Waals surface area contributed by atoms with E-state index < -0.39 is 11.8 Å². The maximum atomic E-state index is 12.1. The molecular formula is C25H25BrN2O3. The summed E-state index contributed by atoms with van der Waals surface area (Å²) in [7, 11) is 0. The van der Waals surface area contributed by atoms with Gasteiger partial charge in [0.1, 0.15) is 5.75 Å². The molecule has 0 bridgehead atoms. The SMILES string of the molecule is CC(C)(C)c1ccc(OCC(=O)NNC(=O)/C=C/c2cccc3ccccc23)c(Br)c1. The van der Waals surface area contributed by atoms with Crippen molar-refractivity contribution in [3.05, 3.63) is 82.3 Å². The number of benzene rings is 3. The van der Waals surface area contributed by atoms with Crippen LogP contribution in [0, 0.1) is 0 Å². The predicted octanol–water partition coefficient (Wildman–Crippen LogP) is 5.14. The van der Waals surface area contributed by atoms with Crippen molar-refractivity contribution in [2.24, 2.45) is 0 Å². The second-order valence-electron chi connectivity index (χ2n) is 8.12.